The second-order valence-electron chi connectivity index (χ2n) is 6.27. The number of hydrogen-bond acceptors (Lipinski definition) is 3. The van der Waals surface area contributed by atoms with Gasteiger partial charge in [0.15, 0.2) is 0 Å². The van der Waals surface area contributed by atoms with Crippen LogP contribution in [0.15, 0.2) is 11.6 Å². The van der Waals surface area contributed by atoms with Crippen molar-refractivity contribution >= 4 is 17.7 Å². The first-order valence-electron chi connectivity index (χ1n) is 8.54. The number of piperazine rings is 1. The van der Waals surface area contributed by atoms with E-state index in [2.05, 4.69) is 11.4 Å². The van der Waals surface area contributed by atoms with Gasteiger partial charge in [0.2, 0.25) is 17.7 Å². The number of carbonyl (C=O) groups excluding carboxylic acids is 3. The summed E-state index contributed by atoms with van der Waals surface area (Å²) in [5.41, 5.74) is 1.42. The number of amides is 3. The van der Waals surface area contributed by atoms with E-state index in [-0.39, 0.29) is 24.1 Å². The quantitative estimate of drug-likeness (QED) is 0.608. The van der Waals surface area contributed by atoms with Crippen LogP contribution in [0.2, 0.25) is 0 Å². The Hall–Kier alpha value is -1.85. The first kappa shape index (κ1) is 17.5. The lowest BCUT2D eigenvalue weighted by Crippen LogP contribution is -2.50. The van der Waals surface area contributed by atoms with Crippen LogP contribution in [-0.2, 0) is 14.4 Å². The van der Waals surface area contributed by atoms with Crippen molar-refractivity contribution in [1.82, 2.24) is 15.1 Å². The zero-order valence-corrected chi connectivity index (χ0v) is 14.0. The lowest BCUT2D eigenvalue weighted by molar-refractivity contribution is -0.141. The summed E-state index contributed by atoms with van der Waals surface area (Å²) < 4.78 is 0. The van der Waals surface area contributed by atoms with Crippen LogP contribution in [0.5, 0.6) is 0 Å². The summed E-state index contributed by atoms with van der Waals surface area (Å²) in [5, 5.41) is 2.84. The summed E-state index contributed by atoms with van der Waals surface area (Å²) in [6.07, 6.45) is 7.85. The molecular formula is C17H27N3O3. The van der Waals surface area contributed by atoms with Gasteiger partial charge in [0.1, 0.15) is 6.42 Å². The fourth-order valence-electron chi connectivity index (χ4n) is 3.08. The number of rotatable bonds is 5. The van der Waals surface area contributed by atoms with E-state index in [9.17, 15) is 14.4 Å². The monoisotopic (exact) mass is 321 g/mol. The van der Waals surface area contributed by atoms with E-state index in [1.54, 1.807) is 9.80 Å². The van der Waals surface area contributed by atoms with Gasteiger partial charge in [-0.1, -0.05) is 11.6 Å². The summed E-state index contributed by atoms with van der Waals surface area (Å²) in [6.45, 7) is 4.27. The maximum absolute atomic E-state index is 12.1. The molecule has 1 aliphatic carbocycles. The molecule has 1 saturated heterocycles. The molecule has 3 amide bonds. The summed E-state index contributed by atoms with van der Waals surface area (Å²) in [5.74, 6) is -0.324. The minimum atomic E-state index is -0.208. The molecule has 6 heteroatoms. The standard InChI is InChI=1S/C17H27N3O3/c1-14(21)19-9-11-20(12-10-19)17(23)13-16(22)18-8-7-15-5-3-2-4-6-15/h5H,2-4,6-13H2,1H3,(H,18,22). The molecule has 0 saturated carbocycles. The molecule has 2 rings (SSSR count). The zero-order chi connectivity index (χ0) is 16.7. The van der Waals surface area contributed by atoms with Crippen molar-refractivity contribution in [2.24, 2.45) is 0 Å². The van der Waals surface area contributed by atoms with Crippen LogP contribution in [0.4, 0.5) is 0 Å². The molecule has 0 aromatic carbocycles. The first-order chi connectivity index (χ1) is 11.1. The maximum Gasteiger partial charge on any atom is 0.232 e. The zero-order valence-electron chi connectivity index (χ0n) is 14.0. The van der Waals surface area contributed by atoms with Crippen LogP contribution in [0.1, 0.15) is 45.4 Å². The Labute approximate surface area is 137 Å². The molecule has 1 fully saturated rings. The smallest absolute Gasteiger partial charge is 0.232 e. The van der Waals surface area contributed by atoms with Gasteiger partial charge in [-0.05, 0) is 32.1 Å². The highest BCUT2D eigenvalue weighted by atomic mass is 16.2. The lowest BCUT2D eigenvalue weighted by atomic mass is 9.97. The third-order valence-electron chi connectivity index (χ3n) is 4.54. The Morgan fingerprint density at radius 3 is 2.39 bits per heavy atom. The van der Waals surface area contributed by atoms with Crippen molar-refractivity contribution in [3.8, 4) is 0 Å². The highest BCUT2D eigenvalue weighted by Crippen LogP contribution is 2.19. The van der Waals surface area contributed by atoms with Gasteiger partial charge in [-0.2, -0.15) is 0 Å². The van der Waals surface area contributed by atoms with Gasteiger partial charge in [0.25, 0.3) is 0 Å². The van der Waals surface area contributed by atoms with E-state index in [1.807, 2.05) is 0 Å². The van der Waals surface area contributed by atoms with Gasteiger partial charge in [-0.25, -0.2) is 0 Å². The second-order valence-corrected chi connectivity index (χ2v) is 6.27. The number of nitrogens with one attached hydrogen (secondary N) is 1. The van der Waals surface area contributed by atoms with Crippen LogP contribution in [-0.4, -0.2) is 60.2 Å². The molecule has 23 heavy (non-hydrogen) atoms. The first-order valence-corrected chi connectivity index (χ1v) is 8.54. The minimum Gasteiger partial charge on any atom is -0.355 e. The predicted octanol–water partition coefficient (Wildman–Crippen LogP) is 1.07. The van der Waals surface area contributed by atoms with E-state index < -0.39 is 0 Å². The average molecular weight is 321 g/mol. The molecule has 0 atom stereocenters. The molecule has 2 aliphatic rings. The molecule has 1 aliphatic heterocycles. The third kappa shape index (κ3) is 5.69. The molecule has 6 nitrogen and oxygen atoms in total. The SMILES string of the molecule is CC(=O)N1CCN(C(=O)CC(=O)NCCC2=CCCCC2)CC1. The van der Waals surface area contributed by atoms with E-state index >= 15 is 0 Å². The highest BCUT2D eigenvalue weighted by Gasteiger charge is 2.23. The van der Waals surface area contributed by atoms with E-state index in [0.29, 0.717) is 32.7 Å². The molecular weight excluding hydrogens is 294 g/mol. The van der Waals surface area contributed by atoms with Crippen molar-refractivity contribution < 1.29 is 14.4 Å². The molecule has 1 N–H and O–H groups in total. The molecule has 0 aromatic heterocycles. The topological polar surface area (TPSA) is 69.7 Å². The number of carbonyl (C=O) groups is 3. The lowest BCUT2D eigenvalue weighted by Gasteiger charge is -2.34. The molecule has 1 heterocycles. The summed E-state index contributed by atoms with van der Waals surface area (Å²) in [4.78, 5) is 38.6. The Morgan fingerprint density at radius 1 is 1.09 bits per heavy atom. The number of nitrogens with zero attached hydrogens (tertiary/aromatic N) is 2. The van der Waals surface area contributed by atoms with Gasteiger partial charge >= 0.3 is 0 Å². The molecule has 0 spiro atoms. The molecule has 0 radical (unpaired) electrons. The van der Waals surface area contributed by atoms with Crippen molar-refractivity contribution in [3.05, 3.63) is 11.6 Å². The second kappa shape index (κ2) is 8.70. The Balaban J connectivity index is 1.64. The Bertz CT molecular complexity index is 479. The molecule has 0 unspecified atom stereocenters. The van der Waals surface area contributed by atoms with Gasteiger partial charge in [-0.15, -0.1) is 0 Å². The maximum atomic E-state index is 12.1. The van der Waals surface area contributed by atoms with Crippen LogP contribution >= 0.6 is 0 Å². The van der Waals surface area contributed by atoms with Gasteiger partial charge in [0.05, 0.1) is 0 Å². The van der Waals surface area contributed by atoms with E-state index in [4.69, 9.17) is 0 Å². The van der Waals surface area contributed by atoms with E-state index in [0.717, 1.165) is 19.3 Å². The van der Waals surface area contributed by atoms with Crippen LogP contribution in [0.3, 0.4) is 0 Å². The Morgan fingerprint density at radius 2 is 1.78 bits per heavy atom. The van der Waals surface area contributed by atoms with Gasteiger partial charge in [0, 0.05) is 39.6 Å². The van der Waals surface area contributed by atoms with Crippen molar-refractivity contribution in [3.63, 3.8) is 0 Å². The van der Waals surface area contributed by atoms with Crippen LogP contribution in [0.25, 0.3) is 0 Å². The largest absolute Gasteiger partial charge is 0.355 e. The van der Waals surface area contributed by atoms with E-state index in [1.165, 1.54) is 25.3 Å². The molecule has 0 aromatic rings. The van der Waals surface area contributed by atoms with Gasteiger partial charge < -0.3 is 15.1 Å². The summed E-state index contributed by atoms with van der Waals surface area (Å²) in [7, 11) is 0. The fraction of sp³-hybridized carbons (Fsp3) is 0.706. The molecule has 128 valence electrons. The van der Waals surface area contributed by atoms with Crippen molar-refractivity contribution in [1.29, 1.82) is 0 Å². The molecule has 0 bridgehead atoms. The summed E-state index contributed by atoms with van der Waals surface area (Å²) in [6, 6.07) is 0. The van der Waals surface area contributed by atoms with Crippen LogP contribution in [0, 0.1) is 0 Å². The minimum absolute atomic E-state index is 0.0341. The fourth-order valence-corrected chi connectivity index (χ4v) is 3.08. The van der Waals surface area contributed by atoms with Crippen molar-refractivity contribution in [2.45, 2.75) is 45.4 Å². The Kier molecular flexibility index (Phi) is 6.62. The van der Waals surface area contributed by atoms with Crippen molar-refractivity contribution in [2.75, 3.05) is 32.7 Å². The number of allylic oxidation sites excluding steroid dienone is 1. The van der Waals surface area contributed by atoms with Gasteiger partial charge in [-0.3, -0.25) is 14.4 Å². The normalized spacial score (nSPS) is 18.4. The van der Waals surface area contributed by atoms with Crippen LogP contribution < -0.4 is 5.32 Å². The highest BCUT2D eigenvalue weighted by molar-refractivity contribution is 5.97. The average Bonchev–Trinajstić information content (AvgIpc) is 2.56. The number of hydrogen-bond donors (Lipinski definition) is 1. The predicted molar refractivity (Wildman–Crippen MR) is 87.6 cm³/mol. The third-order valence-corrected chi connectivity index (χ3v) is 4.54. The summed E-state index contributed by atoms with van der Waals surface area (Å²) >= 11 is 0.